The fraction of sp³-hybridized carbons (Fsp3) is 0.400. The third-order valence-electron chi connectivity index (χ3n) is 3.72. The first kappa shape index (κ1) is 16.6. The lowest BCUT2D eigenvalue weighted by Crippen LogP contribution is -2.12. The molecular formula is C20H27NO. The molecule has 0 unspecified atom stereocenters. The highest BCUT2D eigenvalue weighted by Gasteiger charge is 1.97. The summed E-state index contributed by atoms with van der Waals surface area (Å²) in [6.45, 7) is 6.92. The molecule has 0 spiro atoms. The van der Waals surface area contributed by atoms with Crippen LogP contribution in [0.25, 0.3) is 0 Å². The van der Waals surface area contributed by atoms with E-state index in [-0.39, 0.29) is 0 Å². The average molecular weight is 297 g/mol. The second-order valence-corrected chi connectivity index (χ2v) is 5.79. The molecule has 0 aliphatic carbocycles. The van der Waals surface area contributed by atoms with Crippen LogP contribution >= 0.6 is 0 Å². The van der Waals surface area contributed by atoms with Gasteiger partial charge in [-0.1, -0.05) is 61.7 Å². The molecule has 118 valence electrons. The summed E-state index contributed by atoms with van der Waals surface area (Å²) in [7, 11) is 0. The monoisotopic (exact) mass is 297 g/mol. The molecule has 0 saturated heterocycles. The Balaban J connectivity index is 1.70. The van der Waals surface area contributed by atoms with Gasteiger partial charge in [-0.15, -0.1) is 0 Å². The number of hydrogen-bond donors (Lipinski definition) is 1. The van der Waals surface area contributed by atoms with Crippen molar-refractivity contribution in [2.75, 3.05) is 6.61 Å². The van der Waals surface area contributed by atoms with Crippen molar-refractivity contribution in [3.63, 3.8) is 0 Å². The number of hydrogen-bond acceptors (Lipinski definition) is 2. The minimum absolute atomic E-state index is 0.818. The Morgan fingerprint density at radius 3 is 2.00 bits per heavy atom. The molecular weight excluding hydrogens is 270 g/mol. The van der Waals surface area contributed by atoms with Crippen molar-refractivity contribution in [3.8, 4) is 5.75 Å². The van der Waals surface area contributed by atoms with Crippen LogP contribution in [-0.4, -0.2) is 6.61 Å². The van der Waals surface area contributed by atoms with E-state index in [0.29, 0.717) is 0 Å². The van der Waals surface area contributed by atoms with Crippen molar-refractivity contribution in [2.24, 2.45) is 0 Å². The van der Waals surface area contributed by atoms with Gasteiger partial charge in [0, 0.05) is 13.1 Å². The molecule has 2 rings (SSSR count). The zero-order valence-electron chi connectivity index (χ0n) is 13.8. The standard InChI is InChI=1S/C20H27NO/c1-3-4-5-14-22-20-12-10-19(11-13-20)16-21-15-18-8-6-17(2)7-9-18/h6-13,21H,3-5,14-16H2,1-2H3. The van der Waals surface area contributed by atoms with Crippen molar-refractivity contribution in [2.45, 2.75) is 46.2 Å². The first-order valence-corrected chi connectivity index (χ1v) is 8.26. The van der Waals surface area contributed by atoms with Crippen LogP contribution in [0.1, 0.15) is 42.9 Å². The zero-order valence-corrected chi connectivity index (χ0v) is 13.8. The van der Waals surface area contributed by atoms with Crippen LogP contribution in [0.5, 0.6) is 5.75 Å². The highest BCUT2D eigenvalue weighted by Crippen LogP contribution is 2.13. The second kappa shape index (κ2) is 9.26. The number of benzene rings is 2. The van der Waals surface area contributed by atoms with Crippen LogP contribution < -0.4 is 10.1 Å². The van der Waals surface area contributed by atoms with Gasteiger partial charge in [0.05, 0.1) is 6.61 Å². The van der Waals surface area contributed by atoms with Crippen LogP contribution in [0.2, 0.25) is 0 Å². The first-order valence-electron chi connectivity index (χ1n) is 8.26. The molecule has 0 radical (unpaired) electrons. The third kappa shape index (κ3) is 5.90. The molecule has 2 nitrogen and oxygen atoms in total. The Morgan fingerprint density at radius 1 is 0.818 bits per heavy atom. The topological polar surface area (TPSA) is 21.3 Å². The lowest BCUT2D eigenvalue weighted by molar-refractivity contribution is 0.306. The molecule has 2 heteroatoms. The van der Waals surface area contributed by atoms with Gasteiger partial charge in [0.15, 0.2) is 0 Å². The largest absolute Gasteiger partial charge is 0.494 e. The molecule has 1 N–H and O–H groups in total. The van der Waals surface area contributed by atoms with Gasteiger partial charge in [-0.2, -0.15) is 0 Å². The molecule has 0 aliphatic heterocycles. The highest BCUT2D eigenvalue weighted by molar-refractivity contribution is 5.27. The molecule has 0 fully saturated rings. The van der Waals surface area contributed by atoms with Gasteiger partial charge in [-0.25, -0.2) is 0 Å². The zero-order chi connectivity index (χ0) is 15.6. The lowest BCUT2D eigenvalue weighted by atomic mass is 10.1. The van der Waals surface area contributed by atoms with Crippen LogP contribution in [0.3, 0.4) is 0 Å². The summed E-state index contributed by atoms with van der Waals surface area (Å²) in [6, 6.07) is 17.1. The van der Waals surface area contributed by atoms with Crippen LogP contribution in [-0.2, 0) is 13.1 Å². The fourth-order valence-electron chi connectivity index (χ4n) is 2.30. The van der Waals surface area contributed by atoms with E-state index in [1.807, 2.05) is 0 Å². The highest BCUT2D eigenvalue weighted by atomic mass is 16.5. The second-order valence-electron chi connectivity index (χ2n) is 5.79. The van der Waals surface area contributed by atoms with E-state index in [1.54, 1.807) is 0 Å². The summed E-state index contributed by atoms with van der Waals surface area (Å²) in [5, 5.41) is 3.48. The van der Waals surface area contributed by atoms with E-state index >= 15 is 0 Å². The van der Waals surface area contributed by atoms with E-state index in [9.17, 15) is 0 Å². The molecule has 0 bridgehead atoms. The van der Waals surface area contributed by atoms with Gasteiger partial charge >= 0.3 is 0 Å². The predicted octanol–water partition coefficient (Wildman–Crippen LogP) is 4.85. The van der Waals surface area contributed by atoms with Crippen molar-refractivity contribution in [3.05, 3.63) is 65.2 Å². The van der Waals surface area contributed by atoms with E-state index in [1.165, 1.54) is 29.5 Å². The maximum atomic E-state index is 5.73. The van der Waals surface area contributed by atoms with Gasteiger partial charge in [0.2, 0.25) is 0 Å². The Hall–Kier alpha value is -1.80. The van der Waals surface area contributed by atoms with Gasteiger partial charge in [-0.05, 0) is 36.6 Å². The molecule has 0 amide bonds. The van der Waals surface area contributed by atoms with Crippen LogP contribution in [0, 0.1) is 6.92 Å². The Bertz CT molecular complexity index is 531. The minimum atomic E-state index is 0.818. The Morgan fingerprint density at radius 2 is 1.41 bits per heavy atom. The van der Waals surface area contributed by atoms with Gasteiger partial charge in [0.1, 0.15) is 5.75 Å². The number of unbranched alkanes of at least 4 members (excludes halogenated alkanes) is 2. The van der Waals surface area contributed by atoms with Crippen LogP contribution in [0.4, 0.5) is 0 Å². The number of rotatable bonds is 9. The normalized spacial score (nSPS) is 10.6. The van der Waals surface area contributed by atoms with Gasteiger partial charge < -0.3 is 10.1 Å². The minimum Gasteiger partial charge on any atom is -0.494 e. The van der Waals surface area contributed by atoms with Crippen molar-refractivity contribution in [1.29, 1.82) is 0 Å². The number of ether oxygens (including phenoxy) is 1. The van der Waals surface area contributed by atoms with Crippen molar-refractivity contribution < 1.29 is 4.74 Å². The molecule has 0 heterocycles. The quantitative estimate of drug-likeness (QED) is 0.668. The number of nitrogens with one attached hydrogen (secondary N) is 1. The summed E-state index contributed by atoms with van der Waals surface area (Å²) in [5.41, 5.74) is 3.91. The van der Waals surface area contributed by atoms with Gasteiger partial charge in [0.25, 0.3) is 0 Å². The SMILES string of the molecule is CCCCCOc1ccc(CNCc2ccc(C)cc2)cc1. The molecule has 0 atom stereocenters. The third-order valence-corrected chi connectivity index (χ3v) is 3.72. The maximum Gasteiger partial charge on any atom is 0.119 e. The lowest BCUT2D eigenvalue weighted by Gasteiger charge is -2.08. The fourth-order valence-corrected chi connectivity index (χ4v) is 2.30. The molecule has 0 saturated carbocycles. The smallest absolute Gasteiger partial charge is 0.119 e. The van der Waals surface area contributed by atoms with E-state index in [0.717, 1.165) is 31.9 Å². The summed E-state index contributed by atoms with van der Waals surface area (Å²) in [4.78, 5) is 0. The first-order chi connectivity index (χ1) is 10.8. The summed E-state index contributed by atoms with van der Waals surface area (Å²) >= 11 is 0. The Kier molecular flexibility index (Phi) is 6.98. The predicted molar refractivity (Wildman–Crippen MR) is 93.2 cm³/mol. The van der Waals surface area contributed by atoms with Gasteiger partial charge in [-0.3, -0.25) is 0 Å². The summed E-state index contributed by atoms with van der Waals surface area (Å²) in [6.07, 6.45) is 3.60. The van der Waals surface area contributed by atoms with Crippen molar-refractivity contribution >= 4 is 0 Å². The Labute approximate surface area is 134 Å². The molecule has 2 aromatic rings. The molecule has 0 aromatic heterocycles. The maximum absolute atomic E-state index is 5.73. The van der Waals surface area contributed by atoms with E-state index in [2.05, 4.69) is 67.7 Å². The van der Waals surface area contributed by atoms with Crippen molar-refractivity contribution in [1.82, 2.24) is 5.32 Å². The molecule has 22 heavy (non-hydrogen) atoms. The molecule has 0 aliphatic rings. The average Bonchev–Trinajstić information content (AvgIpc) is 2.55. The summed E-state index contributed by atoms with van der Waals surface area (Å²) in [5.74, 6) is 0.971. The van der Waals surface area contributed by atoms with E-state index in [4.69, 9.17) is 4.74 Å². The molecule has 2 aromatic carbocycles. The summed E-state index contributed by atoms with van der Waals surface area (Å²) < 4.78 is 5.73. The van der Waals surface area contributed by atoms with Crippen LogP contribution in [0.15, 0.2) is 48.5 Å². The van der Waals surface area contributed by atoms with E-state index < -0.39 is 0 Å². The number of aryl methyl sites for hydroxylation is 1.